The Labute approximate surface area is 154 Å². The highest BCUT2D eigenvalue weighted by Crippen LogP contribution is 2.29. The van der Waals surface area contributed by atoms with E-state index in [1.54, 1.807) is 10.9 Å². The zero-order valence-corrected chi connectivity index (χ0v) is 16.2. The normalized spacial score (nSPS) is 10.9. The largest absolute Gasteiger partial charge is 0.312 e. The Hall–Kier alpha value is -2.19. The number of carbonyl (C=O) groups is 1. The quantitative estimate of drug-likeness (QED) is 0.692. The van der Waals surface area contributed by atoms with Crippen LogP contribution in [0, 0.1) is 20.8 Å². The average Bonchev–Trinajstić information content (AvgIpc) is 3.18. The second-order valence-electron chi connectivity index (χ2n) is 5.85. The number of amides is 1. The van der Waals surface area contributed by atoms with Gasteiger partial charge in [0.15, 0.2) is 10.3 Å². The van der Waals surface area contributed by atoms with E-state index in [-0.39, 0.29) is 11.7 Å². The number of rotatable bonds is 5. The summed E-state index contributed by atoms with van der Waals surface area (Å²) >= 11 is 2.78. The Morgan fingerprint density at radius 2 is 2.00 bits per heavy atom. The van der Waals surface area contributed by atoms with Gasteiger partial charge in [-0.2, -0.15) is 0 Å². The molecule has 0 saturated heterocycles. The fraction of sp³-hybridized carbons (Fsp3) is 0.294. The molecule has 25 heavy (non-hydrogen) atoms. The highest BCUT2D eigenvalue weighted by molar-refractivity contribution is 7.99. The second kappa shape index (κ2) is 7.37. The van der Waals surface area contributed by atoms with Gasteiger partial charge in [0, 0.05) is 18.0 Å². The van der Waals surface area contributed by atoms with Crippen LogP contribution in [-0.4, -0.2) is 31.4 Å². The molecule has 0 unspecified atom stereocenters. The summed E-state index contributed by atoms with van der Waals surface area (Å²) in [6, 6.07) is 4.31. The molecule has 1 aromatic carbocycles. The van der Waals surface area contributed by atoms with E-state index in [1.807, 2.05) is 12.4 Å². The number of anilines is 1. The van der Waals surface area contributed by atoms with Crippen molar-refractivity contribution in [2.75, 3.05) is 11.1 Å². The molecule has 2 heterocycles. The van der Waals surface area contributed by atoms with Gasteiger partial charge in [-0.05, 0) is 43.5 Å². The van der Waals surface area contributed by atoms with Crippen molar-refractivity contribution in [3.05, 3.63) is 40.5 Å². The lowest BCUT2D eigenvalue weighted by molar-refractivity contribution is -0.113. The summed E-state index contributed by atoms with van der Waals surface area (Å²) in [7, 11) is 1.85. The Balaban J connectivity index is 1.66. The van der Waals surface area contributed by atoms with E-state index in [1.165, 1.54) is 39.8 Å². The number of thioether (sulfide) groups is 1. The number of nitrogens with zero attached hydrogens (tertiary/aromatic N) is 4. The molecule has 0 aliphatic heterocycles. The lowest BCUT2D eigenvalue weighted by Crippen LogP contribution is -2.14. The topological polar surface area (TPSA) is 72.7 Å². The van der Waals surface area contributed by atoms with Gasteiger partial charge < -0.3 is 9.88 Å². The highest BCUT2D eigenvalue weighted by atomic mass is 32.2. The first-order chi connectivity index (χ1) is 11.9. The van der Waals surface area contributed by atoms with Gasteiger partial charge in [-0.3, -0.25) is 4.79 Å². The fourth-order valence-corrected chi connectivity index (χ4v) is 3.79. The smallest absolute Gasteiger partial charge is 0.236 e. The van der Waals surface area contributed by atoms with Crippen LogP contribution in [0.15, 0.2) is 29.0 Å². The summed E-state index contributed by atoms with van der Waals surface area (Å²) in [5.41, 5.74) is 5.68. The molecule has 3 aromatic rings. The minimum absolute atomic E-state index is 0.106. The molecule has 0 radical (unpaired) electrons. The molecule has 0 aliphatic rings. The summed E-state index contributed by atoms with van der Waals surface area (Å²) < 4.78 is 1.78. The van der Waals surface area contributed by atoms with Crippen LogP contribution in [0.1, 0.15) is 16.7 Å². The van der Waals surface area contributed by atoms with Crippen molar-refractivity contribution in [1.29, 1.82) is 0 Å². The van der Waals surface area contributed by atoms with Crippen molar-refractivity contribution in [2.24, 2.45) is 7.05 Å². The third-order valence-electron chi connectivity index (χ3n) is 3.87. The van der Waals surface area contributed by atoms with Gasteiger partial charge in [-0.25, -0.2) is 4.98 Å². The SMILES string of the molecule is Cc1cc(C)c(-c2csc(NC(=O)CSc3nncn3C)n2)cc1C. The van der Waals surface area contributed by atoms with Gasteiger partial charge in [0.05, 0.1) is 11.4 Å². The molecule has 130 valence electrons. The molecule has 0 bridgehead atoms. The first-order valence-corrected chi connectivity index (χ1v) is 9.61. The number of thiazole rings is 1. The lowest BCUT2D eigenvalue weighted by Gasteiger charge is -2.07. The van der Waals surface area contributed by atoms with Gasteiger partial charge in [0.25, 0.3) is 0 Å². The molecule has 3 rings (SSSR count). The molecule has 6 nitrogen and oxygen atoms in total. The standard InChI is InChI=1S/C17H19N5OS2/c1-10-5-12(3)13(6-11(10)2)14-7-24-16(19-14)20-15(23)8-25-17-21-18-9-22(17)4/h5-7,9H,8H2,1-4H3,(H,19,20,23). The van der Waals surface area contributed by atoms with Crippen LogP contribution in [0.4, 0.5) is 5.13 Å². The van der Waals surface area contributed by atoms with Gasteiger partial charge in [0.1, 0.15) is 6.33 Å². The van der Waals surface area contributed by atoms with Gasteiger partial charge in [-0.1, -0.05) is 17.8 Å². The minimum atomic E-state index is -0.106. The van der Waals surface area contributed by atoms with Crippen LogP contribution in [-0.2, 0) is 11.8 Å². The molecule has 8 heteroatoms. The van der Waals surface area contributed by atoms with E-state index in [0.29, 0.717) is 10.3 Å². The predicted molar refractivity (Wildman–Crippen MR) is 102 cm³/mol. The van der Waals surface area contributed by atoms with Crippen LogP contribution in [0.5, 0.6) is 0 Å². The average molecular weight is 374 g/mol. The monoisotopic (exact) mass is 373 g/mol. The maximum absolute atomic E-state index is 12.1. The number of benzene rings is 1. The molecule has 0 aliphatic carbocycles. The van der Waals surface area contributed by atoms with Crippen molar-refractivity contribution < 1.29 is 4.79 Å². The van der Waals surface area contributed by atoms with Crippen molar-refractivity contribution >= 4 is 34.1 Å². The van der Waals surface area contributed by atoms with E-state index in [2.05, 4.69) is 53.4 Å². The summed E-state index contributed by atoms with van der Waals surface area (Å²) in [6.07, 6.45) is 1.61. The molecule has 0 spiro atoms. The Morgan fingerprint density at radius 1 is 1.24 bits per heavy atom. The number of carbonyl (C=O) groups excluding carboxylic acids is 1. The summed E-state index contributed by atoms with van der Waals surface area (Å²) in [5.74, 6) is 0.162. The third-order valence-corrected chi connectivity index (χ3v) is 5.66. The molecule has 1 N–H and O–H groups in total. The molecular weight excluding hydrogens is 354 g/mol. The lowest BCUT2D eigenvalue weighted by atomic mass is 9.99. The number of hydrogen-bond donors (Lipinski definition) is 1. The van der Waals surface area contributed by atoms with Crippen molar-refractivity contribution in [3.8, 4) is 11.3 Å². The second-order valence-corrected chi connectivity index (χ2v) is 7.65. The van der Waals surface area contributed by atoms with Crippen LogP contribution >= 0.6 is 23.1 Å². The van der Waals surface area contributed by atoms with Crippen LogP contribution in [0.2, 0.25) is 0 Å². The highest BCUT2D eigenvalue weighted by Gasteiger charge is 2.12. The van der Waals surface area contributed by atoms with E-state index in [4.69, 9.17) is 0 Å². The first kappa shape index (κ1) is 17.6. The summed E-state index contributed by atoms with van der Waals surface area (Å²) in [6.45, 7) is 6.28. The number of nitrogens with one attached hydrogen (secondary N) is 1. The molecule has 0 atom stereocenters. The Morgan fingerprint density at radius 3 is 2.72 bits per heavy atom. The number of aromatic nitrogens is 4. The third kappa shape index (κ3) is 4.08. The zero-order valence-electron chi connectivity index (χ0n) is 14.5. The van der Waals surface area contributed by atoms with Crippen molar-refractivity contribution in [1.82, 2.24) is 19.7 Å². The van der Waals surface area contributed by atoms with E-state index in [9.17, 15) is 4.79 Å². The van der Waals surface area contributed by atoms with Crippen LogP contribution < -0.4 is 5.32 Å². The number of hydrogen-bond acceptors (Lipinski definition) is 6. The summed E-state index contributed by atoms with van der Waals surface area (Å²) in [4.78, 5) is 16.7. The molecule has 1 amide bonds. The van der Waals surface area contributed by atoms with Gasteiger partial charge >= 0.3 is 0 Å². The molecule has 0 fully saturated rings. The van der Waals surface area contributed by atoms with E-state index in [0.717, 1.165) is 11.3 Å². The molecular formula is C17H19N5OS2. The maximum Gasteiger partial charge on any atom is 0.236 e. The van der Waals surface area contributed by atoms with E-state index >= 15 is 0 Å². The first-order valence-electron chi connectivity index (χ1n) is 7.74. The molecule has 2 aromatic heterocycles. The van der Waals surface area contributed by atoms with Gasteiger partial charge in [0.2, 0.25) is 5.91 Å². The van der Waals surface area contributed by atoms with Crippen LogP contribution in [0.3, 0.4) is 0 Å². The summed E-state index contributed by atoms with van der Waals surface area (Å²) in [5, 5.41) is 13.9. The molecule has 0 saturated carbocycles. The Bertz CT molecular complexity index is 916. The fourth-order valence-electron chi connectivity index (χ4n) is 2.38. The van der Waals surface area contributed by atoms with Crippen molar-refractivity contribution in [2.45, 2.75) is 25.9 Å². The minimum Gasteiger partial charge on any atom is -0.312 e. The van der Waals surface area contributed by atoms with E-state index < -0.39 is 0 Å². The van der Waals surface area contributed by atoms with Crippen LogP contribution in [0.25, 0.3) is 11.3 Å². The van der Waals surface area contributed by atoms with Crippen molar-refractivity contribution in [3.63, 3.8) is 0 Å². The Kier molecular flexibility index (Phi) is 5.19. The number of aryl methyl sites for hydroxylation is 4. The van der Waals surface area contributed by atoms with Gasteiger partial charge in [-0.15, -0.1) is 21.5 Å². The maximum atomic E-state index is 12.1. The zero-order chi connectivity index (χ0) is 18.0. The predicted octanol–water partition coefficient (Wildman–Crippen LogP) is 3.59.